The standard InChI is InChI=1S/C21H19ClN2O4S/c1-26-16-12-18(28-3)17(27-2)11-14(16)21(25)24-13-7-8-19(15(22)10-13)29-20-6-4-5-9-23-20/h4-12H,1-3H3,(H,24,25). The van der Waals surface area contributed by atoms with E-state index >= 15 is 0 Å². The average molecular weight is 431 g/mol. The number of nitrogens with zero attached hydrogens (tertiary/aromatic N) is 1. The van der Waals surface area contributed by atoms with Crippen molar-refractivity contribution in [3.8, 4) is 17.2 Å². The number of carbonyl (C=O) groups is 1. The lowest BCUT2D eigenvalue weighted by Gasteiger charge is -2.14. The highest BCUT2D eigenvalue weighted by Crippen LogP contribution is 2.36. The molecule has 1 aromatic heterocycles. The van der Waals surface area contributed by atoms with Crippen LogP contribution in [0.4, 0.5) is 5.69 Å². The predicted molar refractivity (Wildman–Crippen MR) is 114 cm³/mol. The third-order valence-corrected chi connectivity index (χ3v) is 5.44. The molecule has 3 aromatic rings. The van der Waals surface area contributed by atoms with Crippen molar-refractivity contribution in [3.63, 3.8) is 0 Å². The number of amides is 1. The molecule has 0 saturated heterocycles. The maximum Gasteiger partial charge on any atom is 0.259 e. The van der Waals surface area contributed by atoms with E-state index in [1.807, 2.05) is 24.3 Å². The first-order valence-electron chi connectivity index (χ1n) is 8.55. The van der Waals surface area contributed by atoms with Crippen molar-refractivity contribution in [1.29, 1.82) is 0 Å². The van der Waals surface area contributed by atoms with Crippen molar-refractivity contribution < 1.29 is 19.0 Å². The normalized spacial score (nSPS) is 10.3. The van der Waals surface area contributed by atoms with E-state index < -0.39 is 0 Å². The van der Waals surface area contributed by atoms with Crippen molar-refractivity contribution in [1.82, 2.24) is 4.98 Å². The molecule has 0 atom stereocenters. The highest BCUT2D eigenvalue weighted by Gasteiger charge is 2.18. The number of hydrogen-bond donors (Lipinski definition) is 1. The second-order valence-electron chi connectivity index (χ2n) is 5.78. The molecule has 0 fully saturated rings. The molecule has 0 radical (unpaired) electrons. The Hall–Kier alpha value is -2.90. The van der Waals surface area contributed by atoms with Crippen LogP contribution in [-0.4, -0.2) is 32.2 Å². The van der Waals surface area contributed by atoms with Gasteiger partial charge in [-0.05, 0) is 30.3 Å². The number of carbonyl (C=O) groups excluding carboxylic acids is 1. The van der Waals surface area contributed by atoms with Crippen LogP contribution < -0.4 is 19.5 Å². The van der Waals surface area contributed by atoms with E-state index in [4.69, 9.17) is 25.8 Å². The quantitative estimate of drug-likeness (QED) is 0.558. The molecule has 0 bridgehead atoms. The second-order valence-corrected chi connectivity index (χ2v) is 7.25. The van der Waals surface area contributed by atoms with E-state index in [2.05, 4.69) is 10.3 Å². The molecule has 2 aromatic carbocycles. The first kappa shape index (κ1) is 20.8. The van der Waals surface area contributed by atoms with E-state index in [0.717, 1.165) is 9.92 Å². The zero-order valence-corrected chi connectivity index (χ0v) is 17.6. The smallest absolute Gasteiger partial charge is 0.259 e. The number of nitrogens with one attached hydrogen (secondary N) is 1. The number of anilines is 1. The molecule has 150 valence electrons. The molecular formula is C21H19ClN2O4S. The third-order valence-electron chi connectivity index (χ3n) is 3.99. The summed E-state index contributed by atoms with van der Waals surface area (Å²) in [4.78, 5) is 17.9. The fourth-order valence-corrected chi connectivity index (χ4v) is 3.66. The Labute approximate surface area is 178 Å². The fourth-order valence-electron chi connectivity index (χ4n) is 2.59. The Morgan fingerprint density at radius 2 is 1.69 bits per heavy atom. The van der Waals surface area contributed by atoms with Crippen molar-refractivity contribution in [2.75, 3.05) is 26.6 Å². The van der Waals surface area contributed by atoms with Gasteiger partial charge in [0, 0.05) is 28.9 Å². The highest BCUT2D eigenvalue weighted by atomic mass is 35.5. The molecule has 29 heavy (non-hydrogen) atoms. The molecule has 8 heteroatoms. The number of methoxy groups -OCH3 is 3. The first-order chi connectivity index (χ1) is 14.0. The number of halogens is 1. The van der Waals surface area contributed by atoms with E-state index in [9.17, 15) is 4.79 Å². The molecule has 3 rings (SSSR count). The molecule has 0 spiro atoms. The summed E-state index contributed by atoms with van der Waals surface area (Å²) >= 11 is 7.84. The van der Waals surface area contributed by atoms with E-state index in [-0.39, 0.29) is 5.91 Å². The molecule has 0 aliphatic rings. The molecule has 1 N–H and O–H groups in total. The van der Waals surface area contributed by atoms with Crippen LogP contribution >= 0.6 is 23.4 Å². The van der Waals surface area contributed by atoms with Crippen LogP contribution in [-0.2, 0) is 0 Å². The molecule has 1 heterocycles. The summed E-state index contributed by atoms with van der Waals surface area (Å²) in [6, 6.07) is 14.2. The highest BCUT2D eigenvalue weighted by molar-refractivity contribution is 7.99. The summed E-state index contributed by atoms with van der Waals surface area (Å²) in [6.45, 7) is 0. The van der Waals surface area contributed by atoms with Crippen molar-refractivity contribution in [2.24, 2.45) is 0 Å². The Morgan fingerprint density at radius 3 is 2.31 bits per heavy atom. The third kappa shape index (κ3) is 4.93. The van der Waals surface area contributed by atoms with Crippen LogP contribution in [0.25, 0.3) is 0 Å². The SMILES string of the molecule is COc1cc(OC)c(C(=O)Nc2ccc(Sc3ccccn3)c(Cl)c2)cc1OC. The maximum atomic E-state index is 12.8. The summed E-state index contributed by atoms with van der Waals surface area (Å²) in [7, 11) is 4.51. The van der Waals surface area contributed by atoms with Crippen LogP contribution in [0.2, 0.25) is 5.02 Å². The minimum absolute atomic E-state index is 0.313. The Morgan fingerprint density at radius 1 is 0.966 bits per heavy atom. The Kier molecular flexibility index (Phi) is 6.85. The Balaban J connectivity index is 1.81. The van der Waals surface area contributed by atoms with Gasteiger partial charge in [-0.15, -0.1) is 0 Å². The number of aromatic nitrogens is 1. The molecule has 0 aliphatic carbocycles. The zero-order chi connectivity index (χ0) is 20.8. The molecule has 0 unspecified atom stereocenters. The van der Waals surface area contributed by atoms with Gasteiger partial charge in [-0.2, -0.15) is 0 Å². The summed E-state index contributed by atoms with van der Waals surface area (Å²) < 4.78 is 15.8. The van der Waals surface area contributed by atoms with E-state index in [1.54, 1.807) is 30.5 Å². The molecule has 1 amide bonds. The minimum atomic E-state index is -0.357. The van der Waals surface area contributed by atoms with Gasteiger partial charge >= 0.3 is 0 Å². The van der Waals surface area contributed by atoms with Gasteiger partial charge in [-0.1, -0.05) is 29.4 Å². The van der Waals surface area contributed by atoms with Crippen LogP contribution in [0, 0.1) is 0 Å². The number of ether oxygens (including phenoxy) is 3. The maximum absolute atomic E-state index is 12.8. The lowest BCUT2D eigenvalue weighted by molar-refractivity contribution is 0.102. The summed E-state index contributed by atoms with van der Waals surface area (Å²) in [5.41, 5.74) is 0.871. The lowest BCUT2D eigenvalue weighted by Crippen LogP contribution is -2.13. The van der Waals surface area contributed by atoms with Gasteiger partial charge in [0.05, 0.1) is 31.9 Å². The minimum Gasteiger partial charge on any atom is -0.496 e. The van der Waals surface area contributed by atoms with Crippen LogP contribution in [0.5, 0.6) is 17.2 Å². The predicted octanol–water partition coefficient (Wildman–Crippen LogP) is 5.16. The largest absolute Gasteiger partial charge is 0.496 e. The topological polar surface area (TPSA) is 69.7 Å². The molecule has 0 saturated carbocycles. The van der Waals surface area contributed by atoms with Gasteiger partial charge in [-0.3, -0.25) is 4.79 Å². The van der Waals surface area contributed by atoms with Crippen molar-refractivity contribution >= 4 is 35.0 Å². The number of rotatable bonds is 7. The van der Waals surface area contributed by atoms with Gasteiger partial charge in [0.25, 0.3) is 5.91 Å². The van der Waals surface area contributed by atoms with E-state index in [0.29, 0.717) is 33.5 Å². The second kappa shape index (κ2) is 9.54. The van der Waals surface area contributed by atoms with Gasteiger partial charge in [0.2, 0.25) is 0 Å². The van der Waals surface area contributed by atoms with Crippen molar-refractivity contribution in [3.05, 3.63) is 65.3 Å². The monoisotopic (exact) mass is 430 g/mol. The number of hydrogen-bond acceptors (Lipinski definition) is 6. The summed E-state index contributed by atoms with van der Waals surface area (Å²) in [5, 5.41) is 4.18. The van der Waals surface area contributed by atoms with Crippen LogP contribution in [0.3, 0.4) is 0 Å². The summed E-state index contributed by atoms with van der Waals surface area (Å²) in [5.74, 6) is 0.913. The lowest BCUT2D eigenvalue weighted by atomic mass is 10.1. The van der Waals surface area contributed by atoms with E-state index in [1.165, 1.54) is 33.1 Å². The van der Waals surface area contributed by atoms with Gasteiger partial charge in [0.15, 0.2) is 11.5 Å². The van der Waals surface area contributed by atoms with Crippen LogP contribution in [0.15, 0.2) is 64.6 Å². The molecule has 0 aliphatic heterocycles. The average Bonchev–Trinajstić information content (AvgIpc) is 2.75. The molecular weight excluding hydrogens is 412 g/mol. The first-order valence-corrected chi connectivity index (χ1v) is 9.75. The fraction of sp³-hybridized carbons (Fsp3) is 0.143. The van der Waals surface area contributed by atoms with Crippen molar-refractivity contribution in [2.45, 2.75) is 9.92 Å². The molecule has 6 nitrogen and oxygen atoms in total. The van der Waals surface area contributed by atoms with Gasteiger partial charge in [-0.25, -0.2) is 4.98 Å². The van der Waals surface area contributed by atoms with Crippen LogP contribution in [0.1, 0.15) is 10.4 Å². The number of pyridine rings is 1. The number of benzene rings is 2. The van der Waals surface area contributed by atoms with Gasteiger partial charge < -0.3 is 19.5 Å². The Bertz CT molecular complexity index is 1020. The van der Waals surface area contributed by atoms with Gasteiger partial charge in [0.1, 0.15) is 10.8 Å². The zero-order valence-electron chi connectivity index (χ0n) is 16.1. The summed E-state index contributed by atoms with van der Waals surface area (Å²) in [6.07, 6.45) is 1.72.